The number of ether oxygens (including phenoxy) is 1. The first kappa shape index (κ1) is 24.6. The molecule has 2 N–H and O–H groups in total. The van der Waals surface area contributed by atoms with E-state index in [-0.39, 0.29) is 40.2 Å². The Balaban J connectivity index is 1.96. The van der Waals surface area contributed by atoms with Gasteiger partial charge in [0.25, 0.3) is 5.91 Å². The van der Waals surface area contributed by atoms with Crippen LogP contribution in [0.4, 0.5) is 22.0 Å². The number of hydrogen-bond acceptors (Lipinski definition) is 3. The minimum Gasteiger partial charge on any atom is -0.456 e. The van der Waals surface area contributed by atoms with Crippen molar-refractivity contribution in [2.24, 2.45) is 5.73 Å². The second-order valence-corrected chi connectivity index (χ2v) is 8.31. The number of primary amides is 1. The number of carbonyl (C=O) groups excluding carboxylic acids is 2. The topological polar surface area (TPSA) is 69.4 Å². The Hall–Kier alpha value is -3.02. The van der Waals surface area contributed by atoms with Gasteiger partial charge in [-0.3, -0.25) is 9.59 Å². The fourth-order valence-corrected chi connectivity index (χ4v) is 3.59. The van der Waals surface area contributed by atoms with Crippen molar-refractivity contribution >= 4 is 34.3 Å². The SMILES string of the molecule is NC(=O)c1c(Cc2ccc(I)cc2F)cc(F)cc1Oc1cccc(CC(=O)C(F)(F)F)c1. The lowest BCUT2D eigenvalue weighted by molar-refractivity contribution is -0.170. The zero-order valence-corrected chi connectivity index (χ0v) is 18.8. The number of alkyl halides is 3. The maximum absolute atomic E-state index is 14.3. The van der Waals surface area contributed by atoms with Crippen molar-refractivity contribution in [2.75, 3.05) is 0 Å². The molecule has 0 radical (unpaired) electrons. The maximum Gasteiger partial charge on any atom is 0.450 e. The van der Waals surface area contributed by atoms with Crippen LogP contribution in [-0.4, -0.2) is 17.9 Å². The summed E-state index contributed by atoms with van der Waals surface area (Å²) < 4.78 is 72.5. The smallest absolute Gasteiger partial charge is 0.450 e. The highest BCUT2D eigenvalue weighted by molar-refractivity contribution is 14.1. The van der Waals surface area contributed by atoms with Crippen molar-refractivity contribution in [3.63, 3.8) is 0 Å². The van der Waals surface area contributed by atoms with E-state index in [0.717, 1.165) is 18.2 Å². The lowest BCUT2D eigenvalue weighted by atomic mass is 9.98. The van der Waals surface area contributed by atoms with Crippen LogP contribution in [0, 0.1) is 15.2 Å². The normalized spacial score (nSPS) is 11.3. The van der Waals surface area contributed by atoms with E-state index in [1.54, 1.807) is 6.07 Å². The monoisotopic (exact) mass is 575 g/mol. The molecule has 0 unspecified atom stereocenters. The molecule has 4 nitrogen and oxygen atoms in total. The van der Waals surface area contributed by atoms with Gasteiger partial charge in [0.05, 0.1) is 5.56 Å². The van der Waals surface area contributed by atoms with E-state index in [0.29, 0.717) is 3.57 Å². The van der Waals surface area contributed by atoms with Gasteiger partial charge in [0, 0.05) is 22.5 Å². The first-order valence-electron chi connectivity index (χ1n) is 9.37. The van der Waals surface area contributed by atoms with Gasteiger partial charge in [-0.05, 0) is 69.6 Å². The van der Waals surface area contributed by atoms with E-state index in [2.05, 4.69) is 0 Å². The van der Waals surface area contributed by atoms with Gasteiger partial charge < -0.3 is 10.5 Å². The molecule has 0 bridgehead atoms. The first-order chi connectivity index (χ1) is 15.4. The Labute approximate surface area is 198 Å². The van der Waals surface area contributed by atoms with Crippen LogP contribution < -0.4 is 10.5 Å². The van der Waals surface area contributed by atoms with E-state index < -0.39 is 35.9 Å². The molecule has 0 saturated carbocycles. The number of amides is 1. The van der Waals surface area contributed by atoms with Gasteiger partial charge >= 0.3 is 6.18 Å². The van der Waals surface area contributed by atoms with E-state index >= 15 is 0 Å². The van der Waals surface area contributed by atoms with Crippen molar-refractivity contribution in [2.45, 2.75) is 19.0 Å². The molecule has 0 saturated heterocycles. The van der Waals surface area contributed by atoms with Crippen molar-refractivity contribution in [1.29, 1.82) is 0 Å². The standard InChI is InChI=1S/C23H15F5INO3/c24-15-9-14(8-13-4-5-16(29)11-18(13)25)21(22(30)32)19(10-15)33-17-3-1-2-12(6-17)7-20(31)23(26,27)28/h1-6,9-11H,7-8H2,(H2,30,32). The highest BCUT2D eigenvalue weighted by Gasteiger charge is 2.37. The quantitative estimate of drug-likeness (QED) is 0.289. The van der Waals surface area contributed by atoms with Crippen LogP contribution in [0.3, 0.4) is 0 Å². The molecule has 33 heavy (non-hydrogen) atoms. The molecule has 3 aromatic carbocycles. The lowest BCUT2D eigenvalue weighted by Crippen LogP contribution is -2.24. The van der Waals surface area contributed by atoms with E-state index in [4.69, 9.17) is 10.5 Å². The zero-order valence-electron chi connectivity index (χ0n) is 16.7. The van der Waals surface area contributed by atoms with Crippen LogP contribution in [0.1, 0.15) is 27.0 Å². The number of carbonyl (C=O) groups is 2. The predicted octanol–water partition coefficient (Wildman–Crippen LogP) is 5.73. The van der Waals surface area contributed by atoms with Crippen LogP contribution in [0.5, 0.6) is 11.5 Å². The number of halogens is 6. The number of nitrogens with two attached hydrogens (primary N) is 1. The van der Waals surface area contributed by atoms with Gasteiger partial charge in [0.15, 0.2) is 0 Å². The molecule has 0 fully saturated rings. The molecule has 1 amide bonds. The van der Waals surface area contributed by atoms with E-state index in [1.165, 1.54) is 30.3 Å². The third-order valence-electron chi connectivity index (χ3n) is 4.60. The Morgan fingerprint density at radius 2 is 1.70 bits per heavy atom. The third-order valence-corrected chi connectivity index (χ3v) is 5.27. The fraction of sp³-hybridized carbons (Fsp3) is 0.130. The van der Waals surface area contributed by atoms with E-state index in [9.17, 15) is 31.5 Å². The van der Waals surface area contributed by atoms with Gasteiger partial charge in [0.1, 0.15) is 23.1 Å². The minimum atomic E-state index is -4.99. The maximum atomic E-state index is 14.3. The largest absolute Gasteiger partial charge is 0.456 e. The average Bonchev–Trinajstić information content (AvgIpc) is 2.69. The van der Waals surface area contributed by atoms with Crippen molar-refractivity contribution < 1.29 is 36.3 Å². The summed E-state index contributed by atoms with van der Waals surface area (Å²) in [6.45, 7) is 0. The number of rotatable bonds is 7. The second kappa shape index (κ2) is 9.86. The summed E-state index contributed by atoms with van der Waals surface area (Å²) in [6.07, 6.45) is -6.06. The molecule has 0 aliphatic heterocycles. The van der Waals surface area contributed by atoms with Crippen molar-refractivity contribution in [1.82, 2.24) is 0 Å². The summed E-state index contributed by atoms with van der Waals surface area (Å²) in [6, 6.07) is 11.5. The molecule has 0 aliphatic rings. The molecule has 3 rings (SSSR count). The van der Waals surface area contributed by atoms with Crippen LogP contribution in [0.25, 0.3) is 0 Å². The molecular formula is C23H15F5INO3. The minimum absolute atomic E-state index is 0.00744. The van der Waals surface area contributed by atoms with Crippen LogP contribution in [0.2, 0.25) is 0 Å². The number of ketones is 1. The summed E-state index contributed by atoms with van der Waals surface area (Å²) in [4.78, 5) is 23.4. The van der Waals surface area contributed by atoms with E-state index in [1.807, 2.05) is 22.6 Å². The number of benzene rings is 3. The molecule has 172 valence electrons. The zero-order chi connectivity index (χ0) is 24.3. The molecule has 0 aromatic heterocycles. The van der Waals surface area contributed by atoms with Crippen LogP contribution in [0.15, 0.2) is 54.6 Å². The predicted molar refractivity (Wildman–Crippen MR) is 118 cm³/mol. The molecular weight excluding hydrogens is 560 g/mol. The van der Waals surface area contributed by atoms with Gasteiger partial charge in [-0.15, -0.1) is 0 Å². The van der Waals surface area contributed by atoms with Gasteiger partial charge in [-0.25, -0.2) is 8.78 Å². The second-order valence-electron chi connectivity index (χ2n) is 7.06. The van der Waals surface area contributed by atoms with Crippen LogP contribution >= 0.6 is 22.6 Å². The first-order valence-corrected chi connectivity index (χ1v) is 10.4. The Morgan fingerprint density at radius 3 is 2.33 bits per heavy atom. The summed E-state index contributed by atoms with van der Waals surface area (Å²) in [5.41, 5.74) is 5.54. The number of Topliss-reactive ketones (excluding diaryl/α,β-unsaturated/α-hetero) is 1. The molecule has 0 atom stereocenters. The van der Waals surface area contributed by atoms with Gasteiger partial charge in [-0.2, -0.15) is 13.2 Å². The molecule has 0 aliphatic carbocycles. The molecule has 0 spiro atoms. The van der Waals surface area contributed by atoms with Crippen molar-refractivity contribution in [3.8, 4) is 11.5 Å². The molecule has 3 aromatic rings. The van der Waals surface area contributed by atoms with Gasteiger partial charge in [0.2, 0.25) is 5.78 Å². The van der Waals surface area contributed by atoms with Gasteiger partial charge in [-0.1, -0.05) is 18.2 Å². The summed E-state index contributed by atoms with van der Waals surface area (Å²) >= 11 is 1.93. The fourth-order valence-electron chi connectivity index (χ4n) is 3.14. The molecule has 10 heteroatoms. The average molecular weight is 575 g/mol. The number of hydrogen-bond donors (Lipinski definition) is 1. The Bertz CT molecular complexity index is 1230. The highest BCUT2D eigenvalue weighted by atomic mass is 127. The third kappa shape index (κ3) is 6.28. The summed E-state index contributed by atoms with van der Waals surface area (Å²) in [7, 11) is 0. The summed E-state index contributed by atoms with van der Waals surface area (Å²) in [5.74, 6) is -4.57. The highest BCUT2D eigenvalue weighted by Crippen LogP contribution is 2.32. The lowest BCUT2D eigenvalue weighted by Gasteiger charge is -2.15. The molecule has 0 heterocycles. The summed E-state index contributed by atoms with van der Waals surface area (Å²) in [5, 5.41) is 0. The Morgan fingerprint density at radius 1 is 0.970 bits per heavy atom. The van der Waals surface area contributed by atoms with Crippen molar-refractivity contribution in [3.05, 3.63) is 92.1 Å². The van der Waals surface area contributed by atoms with Crippen LogP contribution in [-0.2, 0) is 17.6 Å². The Kier molecular flexibility index (Phi) is 7.35.